The van der Waals surface area contributed by atoms with Gasteiger partial charge < -0.3 is 4.90 Å². The van der Waals surface area contributed by atoms with Crippen molar-refractivity contribution in [2.75, 3.05) is 13.1 Å². The lowest BCUT2D eigenvalue weighted by Crippen LogP contribution is -2.30. The summed E-state index contributed by atoms with van der Waals surface area (Å²) in [6.45, 7) is 6.74. The fourth-order valence-electron chi connectivity index (χ4n) is 2.90. The summed E-state index contributed by atoms with van der Waals surface area (Å²) in [5.74, 6) is 0.511. The van der Waals surface area contributed by atoms with Gasteiger partial charge >= 0.3 is 0 Å². The maximum absolute atomic E-state index is 10.6. The van der Waals surface area contributed by atoms with Gasteiger partial charge in [0.2, 0.25) is 0 Å². The topological polar surface area (TPSA) is 46.4 Å². The van der Waals surface area contributed by atoms with Crippen molar-refractivity contribution in [2.24, 2.45) is 0 Å². The Labute approximate surface area is 108 Å². The highest BCUT2D eigenvalue weighted by molar-refractivity contribution is 5.35. The number of rotatable bonds is 4. The van der Waals surface area contributed by atoms with Crippen LogP contribution >= 0.6 is 0 Å². The van der Waals surface area contributed by atoms with Gasteiger partial charge in [-0.3, -0.25) is 10.1 Å². The Morgan fingerprint density at radius 1 is 1.39 bits per heavy atom. The van der Waals surface area contributed by atoms with Crippen LogP contribution in [0.25, 0.3) is 0 Å². The van der Waals surface area contributed by atoms with E-state index in [9.17, 15) is 10.1 Å². The highest BCUT2D eigenvalue weighted by Gasteiger charge is 2.31. The van der Waals surface area contributed by atoms with Gasteiger partial charge in [-0.2, -0.15) is 0 Å². The quantitative estimate of drug-likeness (QED) is 0.607. The molecule has 1 fully saturated rings. The number of nitro groups is 1. The van der Waals surface area contributed by atoms with Crippen LogP contribution in [0.4, 0.5) is 5.69 Å². The number of hydrogen-bond acceptors (Lipinski definition) is 3. The Balaban J connectivity index is 2.10. The molecule has 0 amide bonds. The minimum Gasteiger partial charge on any atom is -0.300 e. The molecule has 0 saturated carbocycles. The first-order valence-electron chi connectivity index (χ1n) is 6.62. The molecule has 1 saturated heterocycles. The van der Waals surface area contributed by atoms with Gasteiger partial charge in [0.1, 0.15) is 0 Å². The van der Waals surface area contributed by atoms with Crippen LogP contribution in [0.15, 0.2) is 24.3 Å². The Hall–Kier alpha value is -1.42. The van der Waals surface area contributed by atoms with E-state index in [1.165, 1.54) is 12.0 Å². The van der Waals surface area contributed by atoms with Crippen LogP contribution in [0.5, 0.6) is 0 Å². The smallest absolute Gasteiger partial charge is 0.269 e. The van der Waals surface area contributed by atoms with E-state index in [0.29, 0.717) is 12.0 Å². The van der Waals surface area contributed by atoms with Crippen LogP contribution in [-0.4, -0.2) is 29.0 Å². The molecule has 0 N–H and O–H groups in total. The maximum Gasteiger partial charge on any atom is 0.269 e. The summed E-state index contributed by atoms with van der Waals surface area (Å²) in [6.07, 6.45) is 2.33. The summed E-state index contributed by atoms with van der Waals surface area (Å²) in [5.41, 5.74) is 1.40. The zero-order chi connectivity index (χ0) is 13.1. The molecule has 18 heavy (non-hydrogen) atoms. The second-order valence-electron chi connectivity index (χ2n) is 5.02. The number of nitro benzene ring substituents is 1. The van der Waals surface area contributed by atoms with Crippen molar-refractivity contribution in [1.82, 2.24) is 4.90 Å². The highest BCUT2D eigenvalue weighted by Crippen LogP contribution is 2.33. The van der Waals surface area contributed by atoms with Crippen molar-refractivity contribution in [2.45, 2.75) is 38.6 Å². The summed E-state index contributed by atoms with van der Waals surface area (Å²) in [4.78, 5) is 12.8. The lowest BCUT2D eigenvalue weighted by atomic mass is 9.92. The minimum absolute atomic E-state index is 0.176. The summed E-state index contributed by atoms with van der Waals surface area (Å²) in [6, 6.07) is 7.59. The molecule has 0 radical (unpaired) electrons. The third-order valence-corrected chi connectivity index (χ3v) is 3.93. The van der Waals surface area contributed by atoms with Gasteiger partial charge in [-0.25, -0.2) is 0 Å². The summed E-state index contributed by atoms with van der Waals surface area (Å²) < 4.78 is 0. The normalized spacial score (nSPS) is 24.3. The third-order valence-electron chi connectivity index (χ3n) is 3.93. The Bertz CT molecular complexity index is 416. The molecule has 1 aromatic carbocycles. The fourth-order valence-corrected chi connectivity index (χ4v) is 2.90. The first kappa shape index (κ1) is 13.0. The number of nitrogens with zero attached hydrogens (tertiary/aromatic N) is 2. The predicted molar refractivity (Wildman–Crippen MR) is 71.8 cm³/mol. The molecule has 4 nitrogen and oxygen atoms in total. The molecule has 0 bridgehead atoms. The molecule has 0 aromatic heterocycles. The SMILES string of the molecule is CCCN1CCC(c2ccc([N+](=O)[O-])cc2)C1C. The molecule has 1 aromatic rings. The molecule has 4 heteroatoms. The molecule has 2 atom stereocenters. The van der Waals surface area contributed by atoms with Gasteiger partial charge in [0.05, 0.1) is 4.92 Å². The maximum atomic E-state index is 10.6. The van der Waals surface area contributed by atoms with Gasteiger partial charge in [-0.15, -0.1) is 0 Å². The van der Waals surface area contributed by atoms with E-state index in [-0.39, 0.29) is 10.6 Å². The van der Waals surface area contributed by atoms with Gasteiger partial charge in [0, 0.05) is 24.1 Å². The number of benzene rings is 1. The van der Waals surface area contributed by atoms with E-state index in [1.54, 1.807) is 12.1 Å². The second-order valence-corrected chi connectivity index (χ2v) is 5.02. The zero-order valence-electron chi connectivity index (χ0n) is 11.0. The second kappa shape index (κ2) is 5.48. The monoisotopic (exact) mass is 248 g/mol. The summed E-state index contributed by atoms with van der Waals surface area (Å²) in [7, 11) is 0. The molecule has 1 aliphatic rings. The van der Waals surface area contributed by atoms with E-state index < -0.39 is 0 Å². The standard InChI is InChI=1S/C14H20N2O2/c1-3-9-15-10-8-14(11(15)2)12-4-6-13(7-5-12)16(17)18/h4-7,11,14H,3,8-10H2,1-2H3. The lowest BCUT2D eigenvalue weighted by Gasteiger charge is -2.24. The van der Waals surface area contributed by atoms with E-state index in [1.807, 2.05) is 12.1 Å². The minimum atomic E-state index is -0.342. The van der Waals surface area contributed by atoms with Crippen LogP contribution < -0.4 is 0 Å². The first-order chi connectivity index (χ1) is 8.63. The number of non-ortho nitro benzene ring substituents is 1. The van der Waals surface area contributed by atoms with Crippen LogP contribution in [0.1, 0.15) is 38.2 Å². The average molecular weight is 248 g/mol. The summed E-state index contributed by atoms with van der Waals surface area (Å²) >= 11 is 0. The Morgan fingerprint density at radius 3 is 2.61 bits per heavy atom. The van der Waals surface area contributed by atoms with Crippen LogP contribution in [0, 0.1) is 10.1 Å². The van der Waals surface area contributed by atoms with Crippen molar-refractivity contribution in [3.63, 3.8) is 0 Å². The van der Waals surface area contributed by atoms with E-state index in [0.717, 1.165) is 19.5 Å². The molecule has 0 spiro atoms. The van der Waals surface area contributed by atoms with Crippen molar-refractivity contribution in [3.05, 3.63) is 39.9 Å². The van der Waals surface area contributed by atoms with Crippen molar-refractivity contribution in [3.8, 4) is 0 Å². The molecular formula is C14H20N2O2. The Kier molecular flexibility index (Phi) is 3.97. The van der Waals surface area contributed by atoms with E-state index in [4.69, 9.17) is 0 Å². The van der Waals surface area contributed by atoms with Crippen molar-refractivity contribution in [1.29, 1.82) is 0 Å². The molecule has 1 aliphatic heterocycles. The van der Waals surface area contributed by atoms with Crippen molar-refractivity contribution >= 4 is 5.69 Å². The molecule has 2 rings (SSSR count). The van der Waals surface area contributed by atoms with Crippen LogP contribution in [0.2, 0.25) is 0 Å². The lowest BCUT2D eigenvalue weighted by molar-refractivity contribution is -0.384. The number of likely N-dealkylation sites (tertiary alicyclic amines) is 1. The van der Waals surface area contributed by atoms with Crippen molar-refractivity contribution < 1.29 is 4.92 Å². The van der Waals surface area contributed by atoms with Gasteiger partial charge in [0.25, 0.3) is 5.69 Å². The molecular weight excluding hydrogens is 228 g/mol. The third kappa shape index (κ3) is 2.53. The zero-order valence-corrected chi connectivity index (χ0v) is 11.0. The number of hydrogen-bond donors (Lipinski definition) is 0. The Morgan fingerprint density at radius 2 is 2.06 bits per heavy atom. The molecule has 1 heterocycles. The van der Waals surface area contributed by atoms with Gasteiger partial charge in [-0.05, 0) is 38.4 Å². The molecule has 0 aliphatic carbocycles. The van der Waals surface area contributed by atoms with Gasteiger partial charge in [-0.1, -0.05) is 19.1 Å². The molecule has 2 unspecified atom stereocenters. The van der Waals surface area contributed by atoms with E-state index in [2.05, 4.69) is 18.7 Å². The largest absolute Gasteiger partial charge is 0.300 e. The van der Waals surface area contributed by atoms with E-state index >= 15 is 0 Å². The predicted octanol–water partition coefficient (Wildman–Crippen LogP) is 3.18. The van der Waals surface area contributed by atoms with Crippen LogP contribution in [-0.2, 0) is 0 Å². The molecule has 98 valence electrons. The van der Waals surface area contributed by atoms with Gasteiger partial charge in [0.15, 0.2) is 0 Å². The highest BCUT2D eigenvalue weighted by atomic mass is 16.6. The first-order valence-corrected chi connectivity index (χ1v) is 6.62. The summed E-state index contributed by atoms with van der Waals surface area (Å²) in [5, 5.41) is 10.6. The van der Waals surface area contributed by atoms with Crippen LogP contribution in [0.3, 0.4) is 0 Å². The average Bonchev–Trinajstić information content (AvgIpc) is 2.72. The fraction of sp³-hybridized carbons (Fsp3) is 0.571.